The lowest BCUT2D eigenvalue weighted by Crippen LogP contribution is -2.55. The Kier molecular flexibility index (Phi) is 5.51. The average Bonchev–Trinajstić information content (AvgIpc) is 3.09. The Bertz CT molecular complexity index is 734. The van der Waals surface area contributed by atoms with E-state index in [9.17, 15) is 9.90 Å². The smallest absolute Gasteiger partial charge is 0.242 e. The minimum atomic E-state index is -0.968. The predicted molar refractivity (Wildman–Crippen MR) is 97.7 cm³/mol. The summed E-state index contributed by atoms with van der Waals surface area (Å²) in [4.78, 5) is 28.9. The second-order valence-electron chi connectivity index (χ2n) is 6.87. The summed E-state index contributed by atoms with van der Waals surface area (Å²) in [5.74, 6) is 1.46. The number of aliphatic hydroxyl groups is 1. The van der Waals surface area contributed by atoms with E-state index in [1.165, 1.54) is 0 Å². The largest absolute Gasteiger partial charge is 0.386 e. The summed E-state index contributed by atoms with van der Waals surface area (Å²) in [6.45, 7) is 3.75. The lowest BCUT2D eigenvalue weighted by Gasteiger charge is -2.41. The van der Waals surface area contributed by atoms with Gasteiger partial charge < -0.3 is 19.5 Å². The molecule has 1 atom stereocenters. The monoisotopic (exact) mass is 358 g/mol. The molecule has 8 heteroatoms. The van der Waals surface area contributed by atoms with Crippen molar-refractivity contribution >= 4 is 11.9 Å². The van der Waals surface area contributed by atoms with Crippen molar-refractivity contribution in [1.82, 2.24) is 24.4 Å². The van der Waals surface area contributed by atoms with Gasteiger partial charge in [-0.1, -0.05) is 6.92 Å². The van der Waals surface area contributed by atoms with Crippen molar-refractivity contribution in [2.45, 2.75) is 38.3 Å². The summed E-state index contributed by atoms with van der Waals surface area (Å²) in [5.41, 5.74) is -0.968. The van der Waals surface area contributed by atoms with Gasteiger partial charge in [-0.25, -0.2) is 15.0 Å². The number of aromatic nitrogens is 4. The fourth-order valence-electron chi connectivity index (χ4n) is 3.46. The molecule has 3 rings (SSSR count). The molecule has 1 aliphatic heterocycles. The van der Waals surface area contributed by atoms with Crippen LogP contribution in [0.15, 0.2) is 30.9 Å². The Morgan fingerprint density at radius 3 is 2.81 bits per heavy atom. The number of carbonyl (C=O) groups is 1. The molecule has 2 aromatic rings. The zero-order chi connectivity index (χ0) is 18.6. The second kappa shape index (κ2) is 7.82. The molecule has 1 saturated heterocycles. The van der Waals surface area contributed by atoms with E-state index in [2.05, 4.69) is 15.0 Å². The third-order valence-corrected chi connectivity index (χ3v) is 4.77. The molecule has 1 N–H and O–H groups in total. The number of hydrogen-bond acceptors (Lipinski definition) is 6. The Hall–Kier alpha value is -2.48. The average molecular weight is 358 g/mol. The van der Waals surface area contributed by atoms with E-state index < -0.39 is 5.60 Å². The highest BCUT2D eigenvalue weighted by Crippen LogP contribution is 2.24. The van der Waals surface area contributed by atoms with Gasteiger partial charge in [0.05, 0.1) is 18.7 Å². The molecule has 26 heavy (non-hydrogen) atoms. The molecule has 1 amide bonds. The van der Waals surface area contributed by atoms with E-state index in [-0.39, 0.29) is 19.0 Å². The Morgan fingerprint density at radius 2 is 2.08 bits per heavy atom. The van der Waals surface area contributed by atoms with Gasteiger partial charge in [-0.05, 0) is 18.9 Å². The van der Waals surface area contributed by atoms with Crippen LogP contribution in [0.25, 0.3) is 0 Å². The summed E-state index contributed by atoms with van der Waals surface area (Å²) in [7, 11) is 1.74. The van der Waals surface area contributed by atoms with E-state index in [1.54, 1.807) is 36.6 Å². The fraction of sp³-hybridized carbons (Fsp3) is 0.556. The molecule has 1 aliphatic rings. The van der Waals surface area contributed by atoms with Crippen LogP contribution >= 0.6 is 0 Å². The number of hydrogen-bond donors (Lipinski definition) is 1. The minimum absolute atomic E-state index is 0.0424. The first-order valence-electron chi connectivity index (χ1n) is 8.99. The van der Waals surface area contributed by atoms with Crippen LogP contribution in [-0.2, 0) is 17.8 Å². The maximum Gasteiger partial charge on any atom is 0.242 e. The van der Waals surface area contributed by atoms with Crippen LogP contribution in [0.5, 0.6) is 0 Å². The predicted octanol–water partition coefficient (Wildman–Crippen LogP) is 0.725. The molecule has 2 aromatic heterocycles. The Labute approximate surface area is 153 Å². The van der Waals surface area contributed by atoms with Crippen LogP contribution in [0.3, 0.4) is 0 Å². The van der Waals surface area contributed by atoms with Gasteiger partial charge in [0.1, 0.15) is 12.4 Å². The van der Waals surface area contributed by atoms with Gasteiger partial charge in [0, 0.05) is 44.8 Å². The van der Waals surface area contributed by atoms with Crippen LogP contribution in [-0.4, -0.2) is 67.7 Å². The SMILES string of the molecule is CCc1nccn1CC(=O)N(C)CC1(O)CCCN(c2ncccn2)C1. The van der Waals surface area contributed by atoms with Crippen molar-refractivity contribution < 1.29 is 9.90 Å². The van der Waals surface area contributed by atoms with Gasteiger partial charge >= 0.3 is 0 Å². The molecular formula is C18H26N6O2. The molecule has 0 aliphatic carbocycles. The van der Waals surface area contributed by atoms with E-state index >= 15 is 0 Å². The van der Waals surface area contributed by atoms with Crippen molar-refractivity contribution in [2.24, 2.45) is 0 Å². The molecule has 3 heterocycles. The van der Waals surface area contributed by atoms with Crippen molar-refractivity contribution in [1.29, 1.82) is 0 Å². The zero-order valence-corrected chi connectivity index (χ0v) is 15.4. The highest BCUT2D eigenvalue weighted by atomic mass is 16.3. The minimum Gasteiger partial charge on any atom is -0.386 e. The number of carbonyl (C=O) groups excluding carboxylic acids is 1. The van der Waals surface area contributed by atoms with E-state index in [4.69, 9.17) is 0 Å². The highest BCUT2D eigenvalue weighted by Gasteiger charge is 2.36. The van der Waals surface area contributed by atoms with Gasteiger partial charge in [0.2, 0.25) is 11.9 Å². The maximum absolute atomic E-state index is 12.6. The number of rotatable bonds is 6. The Morgan fingerprint density at radius 1 is 1.31 bits per heavy atom. The zero-order valence-electron chi connectivity index (χ0n) is 15.4. The molecule has 140 valence electrons. The van der Waals surface area contributed by atoms with Gasteiger partial charge in [0.25, 0.3) is 0 Å². The van der Waals surface area contributed by atoms with Crippen LogP contribution in [0.4, 0.5) is 5.95 Å². The number of anilines is 1. The van der Waals surface area contributed by atoms with E-state index in [0.29, 0.717) is 18.9 Å². The third kappa shape index (κ3) is 4.19. The fourth-order valence-corrected chi connectivity index (χ4v) is 3.46. The number of aryl methyl sites for hydroxylation is 1. The summed E-state index contributed by atoms with van der Waals surface area (Å²) in [6.07, 6.45) is 9.18. The van der Waals surface area contributed by atoms with Crippen molar-refractivity contribution in [3.8, 4) is 0 Å². The van der Waals surface area contributed by atoms with Crippen molar-refractivity contribution in [2.75, 3.05) is 31.6 Å². The molecule has 1 fully saturated rings. The summed E-state index contributed by atoms with van der Waals surface area (Å²) >= 11 is 0. The molecule has 0 saturated carbocycles. The van der Waals surface area contributed by atoms with Crippen molar-refractivity contribution in [3.63, 3.8) is 0 Å². The van der Waals surface area contributed by atoms with Crippen LogP contribution in [0.2, 0.25) is 0 Å². The molecule has 0 radical (unpaired) electrons. The van der Waals surface area contributed by atoms with Gasteiger partial charge in [-0.2, -0.15) is 0 Å². The normalized spacial score (nSPS) is 20.2. The third-order valence-electron chi connectivity index (χ3n) is 4.77. The van der Waals surface area contributed by atoms with E-state index in [1.807, 2.05) is 22.6 Å². The molecule has 0 aromatic carbocycles. The Balaban J connectivity index is 1.62. The maximum atomic E-state index is 12.6. The number of piperidine rings is 1. The number of imidazole rings is 1. The standard InChI is InChI=1S/C18H26N6O2/c1-3-15-19-9-11-23(15)12-16(25)22(2)13-18(26)6-4-10-24(14-18)17-20-7-5-8-21-17/h5,7-9,11,26H,3-4,6,10,12-14H2,1-2H3. The van der Waals surface area contributed by atoms with Gasteiger partial charge in [-0.15, -0.1) is 0 Å². The molecule has 0 bridgehead atoms. The highest BCUT2D eigenvalue weighted by molar-refractivity contribution is 5.75. The number of β-amino-alcohol motifs (C(OH)–C–C–N with tert-alkyl or cyclic N) is 1. The lowest BCUT2D eigenvalue weighted by atomic mass is 9.92. The molecular weight excluding hydrogens is 332 g/mol. The first-order valence-corrected chi connectivity index (χ1v) is 8.99. The number of likely N-dealkylation sites (N-methyl/N-ethyl adjacent to an activating group) is 1. The topological polar surface area (TPSA) is 87.4 Å². The van der Waals surface area contributed by atoms with Crippen LogP contribution in [0.1, 0.15) is 25.6 Å². The first kappa shape index (κ1) is 18.3. The summed E-state index contributed by atoms with van der Waals surface area (Å²) in [5, 5.41) is 11.0. The van der Waals surface area contributed by atoms with Gasteiger partial charge in [0.15, 0.2) is 0 Å². The molecule has 0 spiro atoms. The quantitative estimate of drug-likeness (QED) is 0.819. The van der Waals surface area contributed by atoms with Gasteiger partial charge in [-0.3, -0.25) is 4.79 Å². The number of amides is 1. The molecule has 1 unspecified atom stereocenters. The first-order chi connectivity index (χ1) is 12.5. The second-order valence-corrected chi connectivity index (χ2v) is 6.87. The van der Waals surface area contributed by atoms with Crippen LogP contribution in [0, 0.1) is 0 Å². The van der Waals surface area contributed by atoms with E-state index in [0.717, 1.165) is 25.2 Å². The molecule has 8 nitrogen and oxygen atoms in total. The summed E-state index contributed by atoms with van der Waals surface area (Å²) in [6, 6.07) is 1.77. The summed E-state index contributed by atoms with van der Waals surface area (Å²) < 4.78 is 1.86. The lowest BCUT2D eigenvalue weighted by molar-refractivity contribution is -0.134. The number of nitrogens with zero attached hydrogens (tertiary/aromatic N) is 6. The van der Waals surface area contributed by atoms with Crippen molar-refractivity contribution in [3.05, 3.63) is 36.7 Å². The van der Waals surface area contributed by atoms with Crippen LogP contribution < -0.4 is 4.90 Å².